The van der Waals surface area contributed by atoms with Crippen molar-refractivity contribution in [3.63, 3.8) is 0 Å². The Morgan fingerprint density at radius 3 is 2.70 bits per heavy atom. The molecule has 5 heteroatoms. The number of likely N-dealkylation sites (N-methyl/N-ethyl adjacent to an activating group) is 1. The summed E-state index contributed by atoms with van der Waals surface area (Å²) in [5, 5.41) is 3.21. The van der Waals surface area contributed by atoms with Crippen LogP contribution >= 0.6 is 24.2 Å². The number of amides is 1. The SMILES string of the molecule is CNC1CCCN(C(=O)C(SC)c2ccccc2)C1.Cl. The molecule has 112 valence electrons. The molecule has 2 unspecified atom stereocenters. The molecule has 1 aromatic carbocycles. The van der Waals surface area contributed by atoms with Gasteiger partial charge < -0.3 is 10.2 Å². The van der Waals surface area contributed by atoms with Crippen LogP contribution in [0.25, 0.3) is 0 Å². The van der Waals surface area contributed by atoms with Gasteiger partial charge in [0.15, 0.2) is 0 Å². The molecule has 1 aliphatic rings. The monoisotopic (exact) mass is 314 g/mol. The first-order chi connectivity index (χ1) is 9.26. The Bertz CT molecular complexity index is 416. The van der Waals surface area contributed by atoms with Crippen molar-refractivity contribution in [2.75, 3.05) is 26.4 Å². The van der Waals surface area contributed by atoms with Crippen LogP contribution in [0.2, 0.25) is 0 Å². The molecule has 0 aliphatic carbocycles. The number of benzene rings is 1. The molecule has 1 amide bonds. The highest BCUT2D eigenvalue weighted by molar-refractivity contribution is 7.99. The number of thioether (sulfide) groups is 1. The van der Waals surface area contributed by atoms with Crippen molar-refractivity contribution in [2.45, 2.75) is 24.1 Å². The van der Waals surface area contributed by atoms with Gasteiger partial charge in [-0.25, -0.2) is 0 Å². The lowest BCUT2D eigenvalue weighted by molar-refractivity contribution is -0.132. The molecule has 0 aromatic heterocycles. The maximum absolute atomic E-state index is 12.7. The van der Waals surface area contributed by atoms with Gasteiger partial charge in [-0.15, -0.1) is 24.2 Å². The maximum Gasteiger partial charge on any atom is 0.240 e. The van der Waals surface area contributed by atoms with Gasteiger partial charge in [0.25, 0.3) is 0 Å². The van der Waals surface area contributed by atoms with E-state index < -0.39 is 0 Å². The third-order valence-corrected chi connectivity index (χ3v) is 4.65. The van der Waals surface area contributed by atoms with Crippen LogP contribution in [0.4, 0.5) is 0 Å². The molecule has 1 N–H and O–H groups in total. The summed E-state index contributed by atoms with van der Waals surface area (Å²) in [5.74, 6) is 0.249. The maximum atomic E-state index is 12.7. The van der Waals surface area contributed by atoms with E-state index in [4.69, 9.17) is 0 Å². The molecule has 0 radical (unpaired) electrons. The van der Waals surface area contributed by atoms with Crippen molar-refractivity contribution < 1.29 is 4.79 Å². The highest BCUT2D eigenvalue weighted by atomic mass is 35.5. The second-order valence-electron chi connectivity index (χ2n) is 4.94. The fourth-order valence-electron chi connectivity index (χ4n) is 2.59. The Morgan fingerprint density at radius 1 is 1.40 bits per heavy atom. The van der Waals surface area contributed by atoms with Crippen molar-refractivity contribution >= 4 is 30.1 Å². The predicted molar refractivity (Wildman–Crippen MR) is 88.6 cm³/mol. The van der Waals surface area contributed by atoms with Crippen LogP contribution in [-0.2, 0) is 4.79 Å². The van der Waals surface area contributed by atoms with E-state index in [1.165, 1.54) is 0 Å². The summed E-state index contributed by atoms with van der Waals surface area (Å²) in [6.45, 7) is 1.72. The second-order valence-corrected chi connectivity index (χ2v) is 5.88. The van der Waals surface area contributed by atoms with Crippen LogP contribution in [0.15, 0.2) is 30.3 Å². The molecular weight excluding hydrogens is 292 g/mol. The minimum Gasteiger partial charge on any atom is -0.340 e. The third kappa shape index (κ3) is 4.14. The smallest absolute Gasteiger partial charge is 0.240 e. The van der Waals surface area contributed by atoms with Gasteiger partial charge in [-0.3, -0.25) is 4.79 Å². The van der Waals surface area contributed by atoms with E-state index in [1.54, 1.807) is 11.8 Å². The van der Waals surface area contributed by atoms with E-state index in [2.05, 4.69) is 5.32 Å². The fourth-order valence-corrected chi connectivity index (χ4v) is 3.37. The zero-order valence-corrected chi connectivity index (χ0v) is 13.7. The van der Waals surface area contributed by atoms with Gasteiger partial charge in [-0.1, -0.05) is 30.3 Å². The quantitative estimate of drug-likeness (QED) is 0.927. The van der Waals surface area contributed by atoms with Gasteiger partial charge in [-0.05, 0) is 31.7 Å². The first-order valence-electron chi connectivity index (χ1n) is 6.80. The van der Waals surface area contributed by atoms with Crippen molar-refractivity contribution in [3.8, 4) is 0 Å². The summed E-state index contributed by atoms with van der Waals surface area (Å²) in [6, 6.07) is 10.5. The van der Waals surface area contributed by atoms with E-state index in [0.717, 1.165) is 31.5 Å². The first-order valence-corrected chi connectivity index (χ1v) is 8.09. The number of nitrogens with one attached hydrogen (secondary N) is 1. The minimum absolute atomic E-state index is 0. The lowest BCUT2D eigenvalue weighted by atomic mass is 10.0. The third-order valence-electron chi connectivity index (χ3n) is 3.70. The summed E-state index contributed by atoms with van der Waals surface area (Å²) in [6.07, 6.45) is 4.26. The molecule has 0 bridgehead atoms. The van der Waals surface area contributed by atoms with E-state index >= 15 is 0 Å². The van der Waals surface area contributed by atoms with Crippen molar-refractivity contribution in [1.29, 1.82) is 0 Å². The number of rotatable bonds is 4. The molecule has 0 spiro atoms. The molecular formula is C15H23ClN2OS. The number of likely N-dealkylation sites (tertiary alicyclic amines) is 1. The van der Waals surface area contributed by atoms with Gasteiger partial charge in [0, 0.05) is 19.1 Å². The van der Waals surface area contributed by atoms with E-state index in [0.29, 0.717) is 6.04 Å². The minimum atomic E-state index is -0.0724. The molecule has 1 saturated heterocycles. The highest BCUT2D eigenvalue weighted by Gasteiger charge is 2.28. The molecule has 1 heterocycles. The van der Waals surface area contributed by atoms with E-state index in [-0.39, 0.29) is 23.6 Å². The second kappa shape index (κ2) is 8.55. The van der Waals surface area contributed by atoms with Gasteiger partial charge in [0.05, 0.1) is 0 Å². The lowest BCUT2D eigenvalue weighted by Crippen LogP contribution is -2.48. The summed E-state index contributed by atoms with van der Waals surface area (Å²) in [5.41, 5.74) is 1.10. The van der Waals surface area contributed by atoms with Crippen LogP contribution in [0.1, 0.15) is 23.7 Å². The Kier molecular flexibility index (Phi) is 7.41. The Morgan fingerprint density at radius 2 is 2.10 bits per heavy atom. The van der Waals surface area contributed by atoms with Crippen molar-refractivity contribution in [1.82, 2.24) is 10.2 Å². The molecule has 1 fully saturated rings. The topological polar surface area (TPSA) is 32.3 Å². The van der Waals surface area contributed by atoms with Crippen LogP contribution in [0.5, 0.6) is 0 Å². The highest BCUT2D eigenvalue weighted by Crippen LogP contribution is 2.29. The van der Waals surface area contributed by atoms with Crippen LogP contribution in [-0.4, -0.2) is 43.2 Å². The molecule has 2 atom stereocenters. The summed E-state index contributed by atoms with van der Waals surface area (Å²) in [7, 11) is 1.97. The summed E-state index contributed by atoms with van der Waals surface area (Å²) < 4.78 is 0. The largest absolute Gasteiger partial charge is 0.340 e. The number of piperidine rings is 1. The average Bonchev–Trinajstić information content (AvgIpc) is 2.49. The number of halogens is 1. The average molecular weight is 315 g/mol. The summed E-state index contributed by atoms with van der Waals surface area (Å²) in [4.78, 5) is 14.7. The van der Waals surface area contributed by atoms with Crippen LogP contribution < -0.4 is 5.32 Å². The molecule has 1 aliphatic heterocycles. The number of nitrogens with zero attached hydrogens (tertiary/aromatic N) is 1. The predicted octanol–water partition coefficient (Wildman–Crippen LogP) is 2.72. The Hall–Kier alpha value is -0.710. The zero-order valence-electron chi connectivity index (χ0n) is 12.0. The number of hydrogen-bond donors (Lipinski definition) is 1. The van der Waals surface area contributed by atoms with E-state index in [9.17, 15) is 4.79 Å². The van der Waals surface area contributed by atoms with Crippen molar-refractivity contribution in [2.24, 2.45) is 0 Å². The zero-order chi connectivity index (χ0) is 13.7. The standard InChI is InChI=1S/C15H22N2OS.ClH/c1-16-13-9-6-10-17(11-13)15(18)14(19-2)12-7-4-3-5-8-12;/h3-5,7-8,13-14,16H,6,9-11H2,1-2H3;1H. The first kappa shape index (κ1) is 17.3. The van der Waals surface area contributed by atoms with Gasteiger partial charge in [0.2, 0.25) is 5.91 Å². The summed E-state index contributed by atoms with van der Waals surface area (Å²) >= 11 is 1.62. The molecule has 20 heavy (non-hydrogen) atoms. The van der Waals surface area contributed by atoms with Crippen molar-refractivity contribution in [3.05, 3.63) is 35.9 Å². The van der Waals surface area contributed by atoms with E-state index in [1.807, 2.05) is 48.5 Å². The van der Waals surface area contributed by atoms with Crippen LogP contribution in [0.3, 0.4) is 0 Å². The molecule has 2 rings (SSSR count). The molecule has 0 saturated carbocycles. The van der Waals surface area contributed by atoms with Crippen LogP contribution in [0, 0.1) is 0 Å². The number of carbonyl (C=O) groups is 1. The van der Waals surface area contributed by atoms with Gasteiger partial charge in [0.1, 0.15) is 5.25 Å². The fraction of sp³-hybridized carbons (Fsp3) is 0.533. The molecule has 3 nitrogen and oxygen atoms in total. The Balaban J connectivity index is 0.00000200. The molecule has 1 aromatic rings. The number of carbonyl (C=O) groups excluding carboxylic acids is 1. The number of hydrogen-bond acceptors (Lipinski definition) is 3. The van der Waals surface area contributed by atoms with Gasteiger partial charge in [-0.2, -0.15) is 0 Å². The normalized spacial score (nSPS) is 20.1. The Labute approximate surface area is 131 Å². The lowest BCUT2D eigenvalue weighted by Gasteiger charge is -2.34. The van der Waals surface area contributed by atoms with Gasteiger partial charge >= 0.3 is 0 Å².